The Bertz CT molecular complexity index is 785. The van der Waals surface area contributed by atoms with Crippen molar-refractivity contribution in [3.63, 3.8) is 0 Å². The van der Waals surface area contributed by atoms with Crippen LogP contribution in [0.3, 0.4) is 0 Å². The minimum absolute atomic E-state index is 0.251. The molecule has 8 heteroatoms. The number of likely N-dealkylation sites (N-methyl/N-ethyl adjacent to an activating group) is 1. The molecule has 2 amide bonds. The third kappa shape index (κ3) is 4.72. The Labute approximate surface area is 156 Å². The van der Waals surface area contributed by atoms with Gasteiger partial charge < -0.3 is 19.7 Å². The molecule has 2 atom stereocenters. The molecule has 1 saturated heterocycles. The number of amides is 2. The van der Waals surface area contributed by atoms with Crippen molar-refractivity contribution < 1.29 is 23.5 Å². The summed E-state index contributed by atoms with van der Waals surface area (Å²) in [4.78, 5) is 30.2. The Hall–Kier alpha value is -3.16. The minimum atomic E-state index is -0.638. The first-order valence-electron chi connectivity index (χ1n) is 8.53. The maximum absolute atomic E-state index is 12.9. The van der Waals surface area contributed by atoms with Crippen LogP contribution in [0.2, 0.25) is 0 Å². The standard InChI is InChI=1S/C19H20FN3O4/c1-21-19(25)17-9-16(27-15-3-2-8-22-10-15)11-23(17)18(24)12-26-14-6-4-13(20)5-7-14/h2-8,10,16-17H,9,11-12H2,1H3,(H,21,25)/t16-,17-/m0/s1. The lowest BCUT2D eigenvalue weighted by Crippen LogP contribution is -2.46. The lowest BCUT2D eigenvalue weighted by Gasteiger charge is -2.23. The molecule has 0 unspecified atom stereocenters. The van der Waals surface area contributed by atoms with Crippen molar-refractivity contribution in [2.45, 2.75) is 18.6 Å². The summed E-state index contributed by atoms with van der Waals surface area (Å²) in [5, 5.41) is 2.57. The van der Waals surface area contributed by atoms with Crippen LogP contribution in [0.15, 0.2) is 48.8 Å². The predicted molar refractivity (Wildman–Crippen MR) is 94.7 cm³/mol. The van der Waals surface area contributed by atoms with E-state index in [0.29, 0.717) is 17.9 Å². The van der Waals surface area contributed by atoms with Crippen molar-refractivity contribution in [3.8, 4) is 11.5 Å². The van der Waals surface area contributed by atoms with Gasteiger partial charge in [0.25, 0.3) is 5.91 Å². The van der Waals surface area contributed by atoms with E-state index in [9.17, 15) is 14.0 Å². The summed E-state index contributed by atoms with van der Waals surface area (Å²) in [7, 11) is 1.52. The van der Waals surface area contributed by atoms with Gasteiger partial charge in [-0.2, -0.15) is 0 Å². The molecule has 0 spiro atoms. The smallest absolute Gasteiger partial charge is 0.261 e. The van der Waals surface area contributed by atoms with Crippen LogP contribution in [0, 0.1) is 5.82 Å². The first-order valence-corrected chi connectivity index (χ1v) is 8.53. The number of ether oxygens (including phenoxy) is 2. The van der Waals surface area contributed by atoms with E-state index in [-0.39, 0.29) is 36.9 Å². The summed E-state index contributed by atoms with van der Waals surface area (Å²) in [5.74, 6) is -0.0328. The quantitative estimate of drug-likeness (QED) is 0.828. The van der Waals surface area contributed by atoms with Gasteiger partial charge in [0.15, 0.2) is 6.61 Å². The van der Waals surface area contributed by atoms with Gasteiger partial charge in [0, 0.05) is 19.7 Å². The third-order valence-corrected chi connectivity index (χ3v) is 4.25. The van der Waals surface area contributed by atoms with Crippen molar-refractivity contribution in [1.82, 2.24) is 15.2 Å². The monoisotopic (exact) mass is 373 g/mol. The molecule has 3 rings (SSSR count). The van der Waals surface area contributed by atoms with Crippen LogP contribution in [-0.2, 0) is 9.59 Å². The van der Waals surface area contributed by atoms with Crippen LogP contribution < -0.4 is 14.8 Å². The number of benzene rings is 1. The predicted octanol–water partition coefficient (Wildman–Crippen LogP) is 1.39. The zero-order valence-electron chi connectivity index (χ0n) is 14.8. The molecule has 1 aromatic heterocycles. The Morgan fingerprint density at radius 3 is 2.70 bits per heavy atom. The maximum atomic E-state index is 12.9. The van der Waals surface area contributed by atoms with E-state index >= 15 is 0 Å². The second-order valence-corrected chi connectivity index (χ2v) is 6.08. The number of hydrogen-bond acceptors (Lipinski definition) is 5. The molecule has 0 saturated carbocycles. The Balaban J connectivity index is 1.64. The summed E-state index contributed by atoms with van der Waals surface area (Å²) < 4.78 is 24.2. The second-order valence-electron chi connectivity index (χ2n) is 6.08. The molecule has 2 aromatic rings. The van der Waals surface area contributed by atoms with Gasteiger partial charge in [-0.1, -0.05) is 0 Å². The Kier molecular flexibility index (Phi) is 5.85. The lowest BCUT2D eigenvalue weighted by atomic mass is 10.2. The van der Waals surface area contributed by atoms with Gasteiger partial charge in [0.1, 0.15) is 29.5 Å². The van der Waals surface area contributed by atoms with Gasteiger partial charge in [0.05, 0.1) is 12.7 Å². The number of rotatable bonds is 6. The van der Waals surface area contributed by atoms with Crippen molar-refractivity contribution in [2.75, 3.05) is 20.2 Å². The molecule has 27 heavy (non-hydrogen) atoms. The van der Waals surface area contributed by atoms with Crippen LogP contribution in [0.4, 0.5) is 4.39 Å². The molecule has 2 heterocycles. The van der Waals surface area contributed by atoms with E-state index in [2.05, 4.69) is 10.3 Å². The van der Waals surface area contributed by atoms with Gasteiger partial charge in [0.2, 0.25) is 5.91 Å². The summed E-state index contributed by atoms with van der Waals surface area (Å²) in [6.45, 7) is 0.0112. The molecule has 0 radical (unpaired) electrons. The summed E-state index contributed by atoms with van der Waals surface area (Å²) in [5.41, 5.74) is 0. The number of aromatic nitrogens is 1. The molecule has 0 bridgehead atoms. The maximum Gasteiger partial charge on any atom is 0.261 e. The molecule has 1 aliphatic rings. The zero-order chi connectivity index (χ0) is 19.2. The molecule has 0 aliphatic carbocycles. The molecule has 142 valence electrons. The van der Waals surface area contributed by atoms with Crippen LogP contribution >= 0.6 is 0 Å². The van der Waals surface area contributed by atoms with E-state index in [1.807, 2.05) is 0 Å². The molecule has 7 nitrogen and oxygen atoms in total. The number of hydrogen-bond donors (Lipinski definition) is 1. The number of nitrogens with zero attached hydrogens (tertiary/aromatic N) is 2. The van der Waals surface area contributed by atoms with Crippen molar-refractivity contribution in [2.24, 2.45) is 0 Å². The molecule has 1 N–H and O–H groups in total. The summed E-state index contributed by atoms with van der Waals surface area (Å²) >= 11 is 0. The number of pyridine rings is 1. The van der Waals surface area contributed by atoms with E-state index in [0.717, 1.165) is 0 Å². The lowest BCUT2D eigenvalue weighted by molar-refractivity contribution is -0.139. The minimum Gasteiger partial charge on any atom is -0.487 e. The average Bonchev–Trinajstić information content (AvgIpc) is 3.11. The largest absolute Gasteiger partial charge is 0.487 e. The fourth-order valence-electron chi connectivity index (χ4n) is 2.94. The molecule has 1 aromatic carbocycles. The molecular weight excluding hydrogens is 353 g/mol. The first-order chi connectivity index (χ1) is 13.1. The SMILES string of the molecule is CNC(=O)[C@@H]1C[C@H](Oc2cccnc2)CN1C(=O)COc1ccc(F)cc1. The van der Waals surface area contributed by atoms with E-state index < -0.39 is 6.04 Å². The highest BCUT2D eigenvalue weighted by Gasteiger charge is 2.40. The van der Waals surface area contributed by atoms with Crippen molar-refractivity contribution >= 4 is 11.8 Å². The number of nitrogens with one attached hydrogen (secondary N) is 1. The van der Waals surface area contributed by atoms with Crippen molar-refractivity contribution in [1.29, 1.82) is 0 Å². The fourth-order valence-corrected chi connectivity index (χ4v) is 2.94. The van der Waals surface area contributed by atoms with Gasteiger partial charge in [-0.3, -0.25) is 14.6 Å². The normalized spacial score (nSPS) is 18.8. The van der Waals surface area contributed by atoms with Crippen LogP contribution in [0.5, 0.6) is 11.5 Å². The summed E-state index contributed by atoms with van der Waals surface area (Å²) in [6, 6.07) is 8.26. The first kappa shape index (κ1) is 18.6. The molecule has 1 fully saturated rings. The fraction of sp³-hybridized carbons (Fsp3) is 0.316. The molecule has 1 aliphatic heterocycles. The summed E-state index contributed by atoms with van der Waals surface area (Å²) in [6.07, 6.45) is 3.26. The van der Waals surface area contributed by atoms with Crippen molar-refractivity contribution in [3.05, 3.63) is 54.6 Å². The number of carbonyl (C=O) groups excluding carboxylic acids is 2. The highest BCUT2D eigenvalue weighted by atomic mass is 19.1. The highest BCUT2D eigenvalue weighted by molar-refractivity contribution is 5.88. The van der Waals surface area contributed by atoms with E-state index in [1.54, 1.807) is 24.5 Å². The van der Waals surface area contributed by atoms with E-state index in [1.165, 1.54) is 36.2 Å². The van der Waals surface area contributed by atoms with Crippen LogP contribution in [0.25, 0.3) is 0 Å². The van der Waals surface area contributed by atoms with Gasteiger partial charge in [-0.25, -0.2) is 4.39 Å². The highest BCUT2D eigenvalue weighted by Crippen LogP contribution is 2.23. The molecular formula is C19H20FN3O4. The average molecular weight is 373 g/mol. The van der Waals surface area contributed by atoms with Gasteiger partial charge in [-0.05, 0) is 36.4 Å². The number of likely N-dealkylation sites (tertiary alicyclic amines) is 1. The Morgan fingerprint density at radius 1 is 1.26 bits per heavy atom. The number of carbonyl (C=O) groups is 2. The van der Waals surface area contributed by atoms with Gasteiger partial charge >= 0.3 is 0 Å². The number of halogens is 1. The third-order valence-electron chi connectivity index (χ3n) is 4.25. The van der Waals surface area contributed by atoms with Crippen LogP contribution in [0.1, 0.15) is 6.42 Å². The van der Waals surface area contributed by atoms with Crippen LogP contribution in [-0.4, -0.2) is 54.0 Å². The van der Waals surface area contributed by atoms with Gasteiger partial charge in [-0.15, -0.1) is 0 Å². The second kappa shape index (κ2) is 8.48. The Morgan fingerprint density at radius 2 is 2.04 bits per heavy atom. The zero-order valence-corrected chi connectivity index (χ0v) is 14.8. The van der Waals surface area contributed by atoms with E-state index in [4.69, 9.17) is 9.47 Å². The topological polar surface area (TPSA) is 80.8 Å².